The van der Waals surface area contributed by atoms with Crippen LogP contribution in [0.15, 0.2) is 24.3 Å². The average Bonchev–Trinajstić information content (AvgIpc) is 3.30. The topological polar surface area (TPSA) is 78.9 Å². The van der Waals surface area contributed by atoms with Gasteiger partial charge >= 0.3 is 17.9 Å². The molecule has 1 atom stereocenters. The first kappa shape index (κ1) is 62.9. The Morgan fingerprint density at radius 3 is 0.892 bits per heavy atom. The van der Waals surface area contributed by atoms with Crippen LogP contribution in [0.2, 0.25) is 0 Å². The Morgan fingerprint density at radius 2 is 0.569 bits per heavy atom. The molecule has 6 heteroatoms. The minimum atomic E-state index is -0.772. The van der Waals surface area contributed by atoms with Crippen molar-refractivity contribution in [3.05, 3.63) is 24.3 Å². The van der Waals surface area contributed by atoms with Gasteiger partial charge in [0.2, 0.25) is 0 Å². The van der Waals surface area contributed by atoms with Gasteiger partial charge in [-0.05, 0) is 44.9 Å². The van der Waals surface area contributed by atoms with E-state index in [2.05, 4.69) is 45.1 Å². The number of hydrogen-bond acceptors (Lipinski definition) is 6. The predicted octanol–water partition coefficient (Wildman–Crippen LogP) is 19.1. The highest BCUT2D eigenvalue weighted by Gasteiger charge is 2.19. The van der Waals surface area contributed by atoms with E-state index in [4.69, 9.17) is 14.2 Å². The third-order valence-electron chi connectivity index (χ3n) is 13.0. The van der Waals surface area contributed by atoms with Gasteiger partial charge < -0.3 is 14.2 Å². The molecule has 0 N–H and O–H groups in total. The zero-order chi connectivity index (χ0) is 47.2. The van der Waals surface area contributed by atoms with Crippen LogP contribution < -0.4 is 0 Å². The van der Waals surface area contributed by atoms with Crippen LogP contribution in [0.25, 0.3) is 0 Å². The van der Waals surface area contributed by atoms with Gasteiger partial charge in [0.25, 0.3) is 0 Å². The normalized spacial score (nSPS) is 12.1. The van der Waals surface area contributed by atoms with Gasteiger partial charge in [0.15, 0.2) is 6.10 Å². The molecule has 0 aromatic carbocycles. The molecule has 0 fully saturated rings. The molecule has 0 amide bonds. The maximum atomic E-state index is 12.8. The Labute approximate surface area is 404 Å². The first-order chi connectivity index (χ1) is 32.0. The second-order valence-corrected chi connectivity index (χ2v) is 19.6. The number of carbonyl (C=O) groups is 3. The summed E-state index contributed by atoms with van der Waals surface area (Å²) in [6, 6.07) is 0. The highest BCUT2D eigenvalue weighted by molar-refractivity contribution is 5.71. The standard InChI is InChI=1S/C59H110O6/c1-4-7-10-13-16-19-21-23-25-26-27-28-29-30-31-32-33-34-36-37-40-43-46-49-52-58(61)64-55-56(54-63-57(60)51-48-45-42-39-18-15-12-9-6-3)65-59(62)53-50-47-44-41-38-35-24-22-20-17-14-11-8-5-2/h14,17,22,24,56H,4-13,15-16,18-21,23,25-55H2,1-3H3/b17-14-,24-22-. The lowest BCUT2D eigenvalue weighted by molar-refractivity contribution is -0.167. The second-order valence-electron chi connectivity index (χ2n) is 19.6. The van der Waals surface area contributed by atoms with Crippen LogP contribution in [0.1, 0.15) is 316 Å². The summed E-state index contributed by atoms with van der Waals surface area (Å²) in [7, 11) is 0. The Balaban J connectivity index is 4.15. The predicted molar refractivity (Wildman–Crippen MR) is 279 cm³/mol. The molecule has 0 spiro atoms. The van der Waals surface area contributed by atoms with E-state index in [0.717, 1.165) is 83.5 Å². The van der Waals surface area contributed by atoms with Crippen molar-refractivity contribution < 1.29 is 28.6 Å². The maximum absolute atomic E-state index is 12.8. The summed E-state index contributed by atoms with van der Waals surface area (Å²) in [5.74, 6) is -0.871. The van der Waals surface area contributed by atoms with Crippen LogP contribution in [0.3, 0.4) is 0 Å². The summed E-state index contributed by atoms with van der Waals surface area (Å²) < 4.78 is 16.8. The monoisotopic (exact) mass is 915 g/mol. The highest BCUT2D eigenvalue weighted by atomic mass is 16.6. The van der Waals surface area contributed by atoms with Crippen molar-refractivity contribution in [3.63, 3.8) is 0 Å². The van der Waals surface area contributed by atoms with Crippen LogP contribution in [-0.2, 0) is 28.6 Å². The Bertz CT molecular complexity index is 1050. The first-order valence-electron chi connectivity index (χ1n) is 28.8. The molecular weight excluding hydrogens is 805 g/mol. The molecule has 0 saturated heterocycles. The molecule has 0 radical (unpaired) electrons. The number of allylic oxidation sites excluding steroid dienone is 4. The molecule has 0 aliphatic carbocycles. The largest absolute Gasteiger partial charge is 0.462 e. The van der Waals surface area contributed by atoms with E-state index in [1.807, 2.05) is 0 Å². The number of unbranched alkanes of at least 4 members (excludes halogenated alkanes) is 38. The van der Waals surface area contributed by atoms with Crippen molar-refractivity contribution in [1.29, 1.82) is 0 Å². The minimum absolute atomic E-state index is 0.0721. The summed E-state index contributed by atoms with van der Waals surface area (Å²) in [6.07, 6.45) is 63.3. The van der Waals surface area contributed by atoms with Gasteiger partial charge in [-0.2, -0.15) is 0 Å². The van der Waals surface area contributed by atoms with E-state index in [-0.39, 0.29) is 31.1 Å². The summed E-state index contributed by atoms with van der Waals surface area (Å²) in [4.78, 5) is 38.0. The van der Waals surface area contributed by atoms with Crippen LogP contribution in [0.4, 0.5) is 0 Å². The van der Waals surface area contributed by atoms with Crippen molar-refractivity contribution in [2.24, 2.45) is 0 Å². The molecule has 65 heavy (non-hydrogen) atoms. The van der Waals surface area contributed by atoms with Gasteiger partial charge in [0.05, 0.1) is 0 Å². The van der Waals surface area contributed by atoms with Crippen molar-refractivity contribution >= 4 is 17.9 Å². The van der Waals surface area contributed by atoms with Gasteiger partial charge in [-0.1, -0.05) is 276 Å². The first-order valence-corrected chi connectivity index (χ1v) is 28.8. The lowest BCUT2D eigenvalue weighted by atomic mass is 10.0. The van der Waals surface area contributed by atoms with E-state index < -0.39 is 6.10 Å². The van der Waals surface area contributed by atoms with Crippen LogP contribution in [0, 0.1) is 0 Å². The van der Waals surface area contributed by atoms with Gasteiger partial charge in [-0.15, -0.1) is 0 Å². The fourth-order valence-electron chi connectivity index (χ4n) is 8.58. The number of carbonyl (C=O) groups excluding carboxylic acids is 3. The molecule has 0 rings (SSSR count). The van der Waals surface area contributed by atoms with Gasteiger partial charge in [-0.3, -0.25) is 14.4 Å². The molecule has 0 aromatic heterocycles. The fourth-order valence-corrected chi connectivity index (χ4v) is 8.58. The molecule has 1 unspecified atom stereocenters. The minimum Gasteiger partial charge on any atom is -0.462 e. The van der Waals surface area contributed by atoms with Crippen molar-refractivity contribution in [2.75, 3.05) is 13.2 Å². The molecule has 0 saturated carbocycles. The van der Waals surface area contributed by atoms with Crippen LogP contribution in [0.5, 0.6) is 0 Å². The number of esters is 3. The molecule has 0 heterocycles. The third-order valence-corrected chi connectivity index (χ3v) is 13.0. The Hall–Kier alpha value is -2.11. The summed E-state index contributed by atoms with van der Waals surface area (Å²) in [5.41, 5.74) is 0. The maximum Gasteiger partial charge on any atom is 0.306 e. The average molecular weight is 916 g/mol. The van der Waals surface area contributed by atoms with E-state index in [9.17, 15) is 14.4 Å². The van der Waals surface area contributed by atoms with Crippen molar-refractivity contribution in [1.82, 2.24) is 0 Å². The summed E-state index contributed by atoms with van der Waals surface area (Å²) in [6.45, 7) is 6.61. The quantitative estimate of drug-likeness (QED) is 0.0262. The highest BCUT2D eigenvalue weighted by Crippen LogP contribution is 2.17. The van der Waals surface area contributed by atoms with E-state index >= 15 is 0 Å². The molecule has 0 aliphatic heterocycles. The molecule has 0 aliphatic rings. The zero-order valence-electron chi connectivity index (χ0n) is 43.8. The number of ether oxygens (including phenoxy) is 3. The van der Waals surface area contributed by atoms with E-state index in [1.54, 1.807) is 0 Å². The second kappa shape index (κ2) is 54.5. The van der Waals surface area contributed by atoms with Gasteiger partial charge in [0, 0.05) is 19.3 Å². The molecule has 382 valence electrons. The van der Waals surface area contributed by atoms with Gasteiger partial charge in [-0.25, -0.2) is 0 Å². The smallest absolute Gasteiger partial charge is 0.306 e. The zero-order valence-corrected chi connectivity index (χ0v) is 43.8. The summed E-state index contributed by atoms with van der Waals surface area (Å²) >= 11 is 0. The Morgan fingerprint density at radius 1 is 0.308 bits per heavy atom. The van der Waals surface area contributed by atoms with Crippen molar-refractivity contribution in [3.8, 4) is 0 Å². The van der Waals surface area contributed by atoms with Crippen molar-refractivity contribution in [2.45, 2.75) is 322 Å². The lowest BCUT2D eigenvalue weighted by Crippen LogP contribution is -2.30. The molecular formula is C59H110O6. The SMILES string of the molecule is CCCC/C=C\C/C=C\CCCCCCCC(=O)OC(COC(=O)CCCCCCCCCCC)COC(=O)CCCCCCCCCCCCCCCCCCCCCCCCCC. The van der Waals surface area contributed by atoms with Crippen LogP contribution in [-0.4, -0.2) is 37.2 Å². The van der Waals surface area contributed by atoms with E-state index in [1.165, 1.54) is 193 Å². The molecule has 0 bridgehead atoms. The third kappa shape index (κ3) is 52.7. The van der Waals surface area contributed by atoms with Crippen LogP contribution >= 0.6 is 0 Å². The number of hydrogen-bond donors (Lipinski definition) is 0. The molecule has 6 nitrogen and oxygen atoms in total. The van der Waals surface area contributed by atoms with Gasteiger partial charge in [0.1, 0.15) is 13.2 Å². The fraction of sp³-hybridized carbons (Fsp3) is 0.881. The lowest BCUT2D eigenvalue weighted by Gasteiger charge is -2.18. The Kier molecular flexibility index (Phi) is 52.7. The van der Waals surface area contributed by atoms with E-state index in [0.29, 0.717) is 19.3 Å². The molecule has 0 aromatic rings. The summed E-state index contributed by atoms with van der Waals surface area (Å²) in [5, 5.41) is 0. The number of rotatable bonds is 53.